The highest BCUT2D eigenvalue weighted by Gasteiger charge is 2.13. The number of rotatable bonds is 2. The third-order valence-corrected chi connectivity index (χ3v) is 4.78. The summed E-state index contributed by atoms with van der Waals surface area (Å²) in [5.74, 6) is 0. The van der Waals surface area contributed by atoms with Gasteiger partial charge in [-0.2, -0.15) is 0 Å². The summed E-state index contributed by atoms with van der Waals surface area (Å²) in [7, 11) is 0. The number of aromatic nitrogens is 2. The molecule has 1 aromatic carbocycles. The molecule has 3 aromatic rings. The van der Waals surface area contributed by atoms with E-state index in [4.69, 9.17) is 0 Å². The molecule has 3 nitrogen and oxygen atoms in total. The van der Waals surface area contributed by atoms with E-state index in [1.54, 1.807) is 11.3 Å². The van der Waals surface area contributed by atoms with Crippen LogP contribution in [0.15, 0.2) is 29.1 Å². The van der Waals surface area contributed by atoms with Crippen molar-refractivity contribution in [3.05, 3.63) is 56.3 Å². The van der Waals surface area contributed by atoms with Crippen LogP contribution in [-0.2, 0) is 6.54 Å². The van der Waals surface area contributed by atoms with Gasteiger partial charge in [0.15, 0.2) is 0 Å². The lowest BCUT2D eigenvalue weighted by Gasteiger charge is -2.02. The van der Waals surface area contributed by atoms with Crippen LogP contribution in [0.5, 0.6) is 0 Å². The van der Waals surface area contributed by atoms with Gasteiger partial charge in [-0.15, -0.1) is 11.3 Å². The van der Waals surface area contributed by atoms with Crippen molar-refractivity contribution in [1.29, 1.82) is 0 Å². The number of H-pyrrole nitrogens is 1. The molecule has 3 rings (SSSR count). The van der Waals surface area contributed by atoms with Gasteiger partial charge >= 0.3 is 5.69 Å². The number of imidazole rings is 1. The predicted molar refractivity (Wildman–Crippen MR) is 91.5 cm³/mol. The van der Waals surface area contributed by atoms with Crippen LogP contribution < -0.4 is 5.69 Å². The molecule has 2 aromatic heterocycles. The highest BCUT2D eigenvalue weighted by molar-refractivity contribution is 7.18. The Kier molecular flexibility index (Phi) is 4.68. The fourth-order valence-electron chi connectivity index (χ4n) is 2.23. The van der Waals surface area contributed by atoms with Crippen LogP contribution in [0, 0.1) is 20.8 Å². The molecule has 112 valence electrons. The minimum atomic E-state index is -0.0232. The number of aryl methyl sites for hydroxylation is 3. The van der Waals surface area contributed by atoms with E-state index in [9.17, 15) is 4.79 Å². The Morgan fingerprint density at radius 3 is 2.33 bits per heavy atom. The van der Waals surface area contributed by atoms with Crippen molar-refractivity contribution in [1.82, 2.24) is 9.55 Å². The summed E-state index contributed by atoms with van der Waals surface area (Å²) in [4.78, 5) is 17.3. The molecular weight excluding hydrogens is 280 g/mol. The quantitative estimate of drug-likeness (QED) is 0.749. The third-order valence-electron chi connectivity index (χ3n) is 3.55. The Morgan fingerprint density at radius 2 is 1.71 bits per heavy atom. The van der Waals surface area contributed by atoms with Crippen LogP contribution in [0.25, 0.3) is 10.3 Å². The van der Waals surface area contributed by atoms with Crippen molar-refractivity contribution in [2.24, 2.45) is 0 Å². The smallest absolute Gasteiger partial charge is 0.304 e. The summed E-state index contributed by atoms with van der Waals surface area (Å²) in [6.07, 6.45) is 0. The molecule has 0 unspecified atom stereocenters. The fraction of sp³-hybridized carbons (Fsp3) is 0.353. The van der Waals surface area contributed by atoms with Crippen molar-refractivity contribution in [3.63, 3.8) is 0 Å². The molecule has 0 saturated carbocycles. The maximum Gasteiger partial charge on any atom is 0.327 e. The predicted octanol–water partition coefficient (Wildman–Crippen LogP) is 4.39. The molecule has 21 heavy (non-hydrogen) atoms. The molecule has 0 bridgehead atoms. The first-order valence-corrected chi connectivity index (χ1v) is 8.12. The molecular formula is C17H22N2OS. The molecule has 0 fully saturated rings. The lowest BCUT2D eigenvalue weighted by Crippen LogP contribution is -2.17. The van der Waals surface area contributed by atoms with Gasteiger partial charge in [0.1, 0.15) is 4.83 Å². The Labute approximate surface area is 129 Å². The summed E-state index contributed by atoms with van der Waals surface area (Å²) in [6, 6.07) is 8.31. The largest absolute Gasteiger partial charge is 0.327 e. The zero-order valence-electron chi connectivity index (χ0n) is 13.3. The Bertz CT molecular complexity index is 791. The molecule has 0 aliphatic rings. The van der Waals surface area contributed by atoms with Gasteiger partial charge in [0.25, 0.3) is 0 Å². The van der Waals surface area contributed by atoms with Crippen molar-refractivity contribution < 1.29 is 0 Å². The van der Waals surface area contributed by atoms with E-state index in [1.807, 2.05) is 18.4 Å². The van der Waals surface area contributed by atoms with Crippen molar-refractivity contribution >= 4 is 21.7 Å². The molecule has 0 amide bonds. The Morgan fingerprint density at radius 1 is 1.10 bits per heavy atom. The molecule has 0 atom stereocenters. The first-order chi connectivity index (χ1) is 10.1. The molecule has 0 spiro atoms. The number of hydrogen-bond acceptors (Lipinski definition) is 2. The Balaban J connectivity index is 0.000000774. The molecule has 1 N–H and O–H groups in total. The van der Waals surface area contributed by atoms with E-state index in [0.717, 1.165) is 15.9 Å². The molecule has 4 heteroatoms. The second-order valence-electron chi connectivity index (χ2n) is 4.97. The van der Waals surface area contributed by atoms with Crippen LogP contribution in [0.1, 0.15) is 35.4 Å². The first kappa shape index (κ1) is 15.6. The average Bonchev–Trinajstić information content (AvgIpc) is 2.93. The lowest BCUT2D eigenvalue weighted by atomic mass is 10.1. The van der Waals surface area contributed by atoms with Crippen molar-refractivity contribution in [2.75, 3.05) is 0 Å². The molecule has 0 saturated heterocycles. The number of thiophene rings is 1. The first-order valence-electron chi connectivity index (χ1n) is 7.30. The summed E-state index contributed by atoms with van der Waals surface area (Å²) in [5.41, 5.74) is 4.53. The third kappa shape index (κ3) is 2.95. The van der Waals surface area contributed by atoms with Crippen molar-refractivity contribution in [2.45, 2.75) is 41.2 Å². The summed E-state index contributed by atoms with van der Waals surface area (Å²) < 4.78 is 1.82. The lowest BCUT2D eigenvalue weighted by molar-refractivity contribution is 0.791. The van der Waals surface area contributed by atoms with Gasteiger partial charge in [-0.05, 0) is 31.9 Å². The maximum absolute atomic E-state index is 12.0. The highest BCUT2D eigenvalue weighted by Crippen LogP contribution is 2.28. The normalized spacial score (nSPS) is 10.5. The number of nitrogens with one attached hydrogen (secondary N) is 1. The minimum absolute atomic E-state index is 0.0232. The van der Waals surface area contributed by atoms with E-state index in [0.29, 0.717) is 6.54 Å². The van der Waals surface area contributed by atoms with E-state index in [-0.39, 0.29) is 5.69 Å². The number of fused-ring (bicyclic) bond motifs is 1. The van der Waals surface area contributed by atoms with E-state index < -0.39 is 0 Å². The van der Waals surface area contributed by atoms with E-state index >= 15 is 0 Å². The fourth-order valence-corrected chi connectivity index (χ4v) is 3.34. The molecule has 2 heterocycles. The number of hydrogen-bond donors (Lipinski definition) is 1. The van der Waals surface area contributed by atoms with Gasteiger partial charge in [0.05, 0.1) is 12.1 Å². The second-order valence-corrected chi connectivity index (χ2v) is 6.17. The zero-order chi connectivity index (χ0) is 15.6. The van der Waals surface area contributed by atoms with Gasteiger partial charge in [-0.25, -0.2) is 4.79 Å². The average molecular weight is 302 g/mol. The van der Waals surface area contributed by atoms with Crippen LogP contribution >= 0.6 is 11.3 Å². The summed E-state index contributed by atoms with van der Waals surface area (Å²) >= 11 is 1.68. The zero-order valence-corrected chi connectivity index (χ0v) is 14.1. The van der Waals surface area contributed by atoms with Gasteiger partial charge in [-0.1, -0.05) is 43.7 Å². The van der Waals surface area contributed by atoms with Gasteiger partial charge in [-0.3, -0.25) is 4.57 Å². The molecule has 0 aliphatic heterocycles. The number of aromatic amines is 1. The molecule has 0 radical (unpaired) electrons. The second kappa shape index (κ2) is 6.31. The van der Waals surface area contributed by atoms with Gasteiger partial charge in [0, 0.05) is 4.88 Å². The Hall–Kier alpha value is -1.81. The van der Waals surface area contributed by atoms with Crippen molar-refractivity contribution in [3.8, 4) is 0 Å². The number of benzene rings is 1. The summed E-state index contributed by atoms with van der Waals surface area (Å²) in [5, 5.41) is 0. The highest BCUT2D eigenvalue weighted by atomic mass is 32.1. The monoisotopic (exact) mass is 302 g/mol. The minimum Gasteiger partial charge on any atom is -0.304 e. The van der Waals surface area contributed by atoms with E-state index in [1.165, 1.54) is 16.0 Å². The van der Waals surface area contributed by atoms with Gasteiger partial charge < -0.3 is 4.98 Å². The maximum atomic E-state index is 12.0. The standard InChI is InChI=1S/C15H16N2OS.C2H6/c1-9-4-6-12(7-5-9)8-17-14-13(16-15(17)18)10(2)11(3)19-14;1-2/h4-7H,8H2,1-3H3,(H,16,18);1-2H3. The van der Waals surface area contributed by atoms with Gasteiger partial charge in [0.2, 0.25) is 0 Å². The van der Waals surface area contributed by atoms with Crippen LogP contribution in [0.3, 0.4) is 0 Å². The van der Waals surface area contributed by atoms with Crippen LogP contribution in [-0.4, -0.2) is 9.55 Å². The number of nitrogens with zero attached hydrogens (tertiary/aromatic N) is 1. The van der Waals surface area contributed by atoms with E-state index in [2.05, 4.69) is 50.0 Å². The molecule has 0 aliphatic carbocycles. The summed E-state index contributed by atoms with van der Waals surface area (Å²) in [6.45, 7) is 10.8. The topological polar surface area (TPSA) is 37.8 Å². The SMILES string of the molecule is CC.Cc1ccc(Cn2c(=O)[nH]c3c(C)c(C)sc32)cc1. The van der Waals surface area contributed by atoms with Crippen LogP contribution in [0.4, 0.5) is 0 Å². The van der Waals surface area contributed by atoms with Crippen LogP contribution in [0.2, 0.25) is 0 Å².